The smallest absolute Gasteiger partial charge is 0.331 e. The van der Waals surface area contributed by atoms with E-state index in [2.05, 4.69) is 9.47 Å². The van der Waals surface area contributed by atoms with Gasteiger partial charge in [-0.2, -0.15) is 0 Å². The summed E-state index contributed by atoms with van der Waals surface area (Å²) in [6.07, 6.45) is 1.79. The molecule has 0 amide bonds. The van der Waals surface area contributed by atoms with Gasteiger partial charge < -0.3 is 14.2 Å². The highest BCUT2D eigenvalue weighted by Crippen LogP contribution is 2.23. The number of rotatable bonds is 5. The van der Waals surface area contributed by atoms with E-state index in [0.29, 0.717) is 0 Å². The minimum atomic E-state index is -1.20. The minimum Gasteiger partial charge on any atom is -0.466 e. The highest BCUT2D eigenvalue weighted by molar-refractivity contribution is 5.92. The lowest BCUT2D eigenvalue weighted by Gasteiger charge is -2.29. The first-order chi connectivity index (χ1) is 9.10. The van der Waals surface area contributed by atoms with Gasteiger partial charge in [-0.1, -0.05) is 0 Å². The van der Waals surface area contributed by atoms with Crippen LogP contribution in [0, 0.1) is 5.92 Å². The number of ether oxygens (including phenoxy) is 3. The van der Waals surface area contributed by atoms with Crippen molar-refractivity contribution in [2.24, 2.45) is 5.92 Å². The molecule has 0 fully saturated rings. The quantitative estimate of drug-likeness (QED) is 0.318. The Hall–Kier alpha value is -2.18. The molecule has 1 unspecified atom stereocenters. The summed E-state index contributed by atoms with van der Waals surface area (Å²) >= 11 is 0. The molecule has 0 heterocycles. The second-order valence-electron chi connectivity index (χ2n) is 4.52. The maximum absolute atomic E-state index is 11.6. The fraction of sp³-hybridized carbons (Fsp3) is 0.538. The number of methoxy groups -OCH3 is 1. The zero-order valence-electron chi connectivity index (χ0n) is 12.1. The predicted molar refractivity (Wildman–Crippen MR) is 67.3 cm³/mol. The maximum atomic E-state index is 11.6. The van der Waals surface area contributed by atoms with Gasteiger partial charge in [0.1, 0.15) is 5.60 Å². The first-order valence-electron chi connectivity index (χ1n) is 5.81. The van der Waals surface area contributed by atoms with Gasteiger partial charge in [0.25, 0.3) is 0 Å². The summed E-state index contributed by atoms with van der Waals surface area (Å²) in [6, 6.07) is 0. The third-order valence-electron chi connectivity index (χ3n) is 2.56. The molecule has 0 saturated heterocycles. The van der Waals surface area contributed by atoms with Gasteiger partial charge in [-0.3, -0.25) is 9.59 Å². The van der Waals surface area contributed by atoms with E-state index < -0.39 is 35.4 Å². The van der Waals surface area contributed by atoms with Gasteiger partial charge in [0, 0.05) is 19.1 Å². The average Bonchev–Trinajstić information content (AvgIpc) is 2.33. The number of hydrogen-bond acceptors (Lipinski definition) is 7. The van der Waals surface area contributed by atoms with Crippen LogP contribution in [0.5, 0.6) is 0 Å². The van der Waals surface area contributed by atoms with Crippen LogP contribution in [-0.4, -0.2) is 36.6 Å². The summed E-state index contributed by atoms with van der Waals surface area (Å²) in [4.78, 5) is 44.6. The van der Waals surface area contributed by atoms with Gasteiger partial charge in [-0.25, -0.2) is 9.59 Å². The van der Waals surface area contributed by atoms with Gasteiger partial charge in [0.15, 0.2) is 0 Å². The van der Waals surface area contributed by atoms with Crippen LogP contribution in [0.25, 0.3) is 0 Å². The number of carbonyl (C=O) groups is 4. The first-order valence-corrected chi connectivity index (χ1v) is 5.81. The second-order valence-corrected chi connectivity index (χ2v) is 4.52. The molecule has 7 nitrogen and oxygen atoms in total. The van der Waals surface area contributed by atoms with E-state index in [1.807, 2.05) is 0 Å². The SMILES string of the molecule is COC(=O)/C=C\C(=O)OC(C)(C)C(C)C(=O)OC(C)=O. The van der Waals surface area contributed by atoms with Crippen molar-refractivity contribution in [2.75, 3.05) is 7.11 Å². The highest BCUT2D eigenvalue weighted by Gasteiger charge is 2.36. The Morgan fingerprint density at radius 3 is 2.00 bits per heavy atom. The minimum absolute atomic E-state index is 0.705. The lowest BCUT2D eigenvalue weighted by Crippen LogP contribution is -2.40. The summed E-state index contributed by atoms with van der Waals surface area (Å²) < 4.78 is 13.8. The van der Waals surface area contributed by atoms with Crippen LogP contribution in [0.4, 0.5) is 0 Å². The zero-order chi connectivity index (χ0) is 15.9. The number of esters is 4. The van der Waals surface area contributed by atoms with Crippen molar-refractivity contribution in [1.82, 2.24) is 0 Å². The van der Waals surface area contributed by atoms with Gasteiger partial charge in [-0.05, 0) is 20.8 Å². The molecule has 0 aliphatic rings. The standard InChI is InChI=1S/C13H18O7/c1-8(12(17)19-9(2)14)13(3,4)20-11(16)7-6-10(15)18-5/h6-8H,1-5H3/b7-6-. The fourth-order valence-electron chi connectivity index (χ4n) is 1.10. The predicted octanol–water partition coefficient (Wildman–Crippen LogP) is 0.763. The molecule has 0 aromatic heterocycles. The first kappa shape index (κ1) is 17.8. The Bertz CT molecular complexity index is 434. The molecular weight excluding hydrogens is 268 g/mol. The van der Waals surface area contributed by atoms with E-state index in [1.54, 1.807) is 0 Å². The number of carbonyl (C=O) groups excluding carboxylic acids is 4. The lowest BCUT2D eigenvalue weighted by molar-refractivity contribution is -0.171. The Morgan fingerprint density at radius 1 is 1.05 bits per heavy atom. The molecule has 0 rings (SSSR count). The van der Waals surface area contributed by atoms with E-state index in [4.69, 9.17) is 4.74 Å². The third-order valence-corrected chi connectivity index (χ3v) is 2.56. The van der Waals surface area contributed by atoms with Crippen LogP contribution in [0.3, 0.4) is 0 Å². The largest absolute Gasteiger partial charge is 0.466 e. The Labute approximate surface area is 116 Å². The highest BCUT2D eigenvalue weighted by atomic mass is 16.6. The molecule has 0 spiro atoms. The van der Waals surface area contributed by atoms with Crippen LogP contribution in [0.15, 0.2) is 12.2 Å². The van der Waals surface area contributed by atoms with E-state index in [0.717, 1.165) is 19.1 Å². The van der Waals surface area contributed by atoms with Crippen molar-refractivity contribution >= 4 is 23.9 Å². The fourth-order valence-corrected chi connectivity index (χ4v) is 1.10. The van der Waals surface area contributed by atoms with Crippen molar-refractivity contribution in [1.29, 1.82) is 0 Å². The molecule has 0 saturated carbocycles. The molecule has 112 valence electrons. The Kier molecular flexibility index (Phi) is 6.61. The van der Waals surface area contributed by atoms with E-state index in [-0.39, 0.29) is 0 Å². The van der Waals surface area contributed by atoms with Gasteiger partial charge in [-0.15, -0.1) is 0 Å². The summed E-state index contributed by atoms with van der Waals surface area (Å²) in [5, 5.41) is 0. The topological polar surface area (TPSA) is 96.0 Å². The molecule has 1 atom stereocenters. The monoisotopic (exact) mass is 286 g/mol. The summed E-state index contributed by atoms with van der Waals surface area (Å²) in [6.45, 7) is 5.54. The molecule has 0 aliphatic carbocycles. The van der Waals surface area contributed by atoms with Crippen LogP contribution in [-0.2, 0) is 33.4 Å². The van der Waals surface area contributed by atoms with Crippen molar-refractivity contribution in [3.63, 3.8) is 0 Å². The average molecular weight is 286 g/mol. The van der Waals surface area contributed by atoms with Gasteiger partial charge in [0.05, 0.1) is 13.0 Å². The molecular formula is C13H18O7. The zero-order valence-corrected chi connectivity index (χ0v) is 12.1. The molecule has 0 aromatic carbocycles. The third kappa shape index (κ3) is 6.12. The molecule has 0 aromatic rings. The second kappa shape index (κ2) is 7.42. The molecule has 0 N–H and O–H groups in total. The lowest BCUT2D eigenvalue weighted by atomic mass is 9.92. The van der Waals surface area contributed by atoms with Gasteiger partial charge >= 0.3 is 23.9 Å². The number of hydrogen-bond donors (Lipinski definition) is 0. The Balaban J connectivity index is 4.68. The summed E-state index contributed by atoms with van der Waals surface area (Å²) in [5.74, 6) is -3.92. The van der Waals surface area contributed by atoms with Crippen molar-refractivity contribution < 1.29 is 33.4 Å². The van der Waals surface area contributed by atoms with E-state index >= 15 is 0 Å². The van der Waals surface area contributed by atoms with Crippen molar-refractivity contribution in [3.8, 4) is 0 Å². The van der Waals surface area contributed by atoms with Crippen LogP contribution >= 0.6 is 0 Å². The van der Waals surface area contributed by atoms with E-state index in [9.17, 15) is 19.2 Å². The van der Waals surface area contributed by atoms with Crippen LogP contribution < -0.4 is 0 Å². The van der Waals surface area contributed by atoms with E-state index in [1.165, 1.54) is 27.9 Å². The molecule has 0 radical (unpaired) electrons. The van der Waals surface area contributed by atoms with Gasteiger partial charge in [0.2, 0.25) is 0 Å². The normalized spacial score (nSPS) is 12.7. The van der Waals surface area contributed by atoms with Crippen LogP contribution in [0.1, 0.15) is 27.7 Å². The van der Waals surface area contributed by atoms with Crippen molar-refractivity contribution in [2.45, 2.75) is 33.3 Å². The molecule has 0 bridgehead atoms. The molecule has 0 aliphatic heterocycles. The molecule has 20 heavy (non-hydrogen) atoms. The molecule has 7 heteroatoms. The maximum Gasteiger partial charge on any atom is 0.331 e. The summed E-state index contributed by atoms with van der Waals surface area (Å²) in [7, 11) is 1.17. The van der Waals surface area contributed by atoms with Crippen LogP contribution in [0.2, 0.25) is 0 Å². The summed E-state index contributed by atoms with van der Waals surface area (Å²) in [5.41, 5.74) is -1.20. The Morgan fingerprint density at radius 2 is 1.55 bits per heavy atom. The van der Waals surface area contributed by atoms with Crippen molar-refractivity contribution in [3.05, 3.63) is 12.2 Å².